The summed E-state index contributed by atoms with van der Waals surface area (Å²) in [6.07, 6.45) is -3.81. The van der Waals surface area contributed by atoms with Crippen molar-refractivity contribution in [3.63, 3.8) is 0 Å². The SMILES string of the molecule is O=C(N[C@H]1CCNC1)c1ccc(-c2noc(C(F)(F)F)n2)cc1. The molecule has 1 aliphatic heterocycles. The first kappa shape index (κ1) is 15.5. The first-order valence-corrected chi connectivity index (χ1v) is 6.96. The van der Waals surface area contributed by atoms with Gasteiger partial charge in [-0.15, -0.1) is 0 Å². The van der Waals surface area contributed by atoms with Gasteiger partial charge in [-0.3, -0.25) is 4.79 Å². The highest BCUT2D eigenvalue weighted by atomic mass is 19.4. The van der Waals surface area contributed by atoms with E-state index in [0.29, 0.717) is 11.1 Å². The zero-order valence-electron chi connectivity index (χ0n) is 11.9. The Kier molecular flexibility index (Phi) is 4.03. The summed E-state index contributed by atoms with van der Waals surface area (Å²) in [6, 6.07) is 6.07. The number of alkyl halides is 3. The molecule has 0 spiro atoms. The number of hydrogen-bond donors (Lipinski definition) is 2. The Balaban J connectivity index is 1.71. The van der Waals surface area contributed by atoms with Crippen molar-refractivity contribution in [2.45, 2.75) is 18.6 Å². The Bertz CT molecular complexity index is 691. The van der Waals surface area contributed by atoms with Gasteiger partial charge in [-0.2, -0.15) is 18.2 Å². The van der Waals surface area contributed by atoms with E-state index in [1.807, 2.05) is 0 Å². The van der Waals surface area contributed by atoms with Crippen LogP contribution in [-0.2, 0) is 6.18 Å². The van der Waals surface area contributed by atoms with Crippen LogP contribution >= 0.6 is 0 Å². The van der Waals surface area contributed by atoms with E-state index in [9.17, 15) is 18.0 Å². The third-order valence-electron chi connectivity index (χ3n) is 3.47. The molecule has 0 radical (unpaired) electrons. The molecule has 0 saturated carbocycles. The van der Waals surface area contributed by atoms with Crippen LogP contribution in [0.25, 0.3) is 11.4 Å². The molecule has 2 N–H and O–H groups in total. The Morgan fingerprint density at radius 2 is 2.04 bits per heavy atom. The fourth-order valence-electron chi connectivity index (χ4n) is 2.27. The largest absolute Gasteiger partial charge is 0.471 e. The van der Waals surface area contributed by atoms with Crippen LogP contribution in [0.5, 0.6) is 0 Å². The molecule has 0 bridgehead atoms. The van der Waals surface area contributed by atoms with Gasteiger partial charge >= 0.3 is 12.1 Å². The smallest absolute Gasteiger partial charge is 0.348 e. The number of carbonyl (C=O) groups excluding carboxylic acids is 1. The second-order valence-electron chi connectivity index (χ2n) is 5.16. The fraction of sp³-hybridized carbons (Fsp3) is 0.357. The summed E-state index contributed by atoms with van der Waals surface area (Å²) in [7, 11) is 0. The van der Waals surface area contributed by atoms with Crippen LogP contribution < -0.4 is 10.6 Å². The third-order valence-corrected chi connectivity index (χ3v) is 3.47. The summed E-state index contributed by atoms with van der Waals surface area (Å²) < 4.78 is 41.5. The van der Waals surface area contributed by atoms with Crippen molar-refractivity contribution in [2.24, 2.45) is 0 Å². The molecule has 2 heterocycles. The number of nitrogens with zero attached hydrogens (tertiary/aromatic N) is 2. The van der Waals surface area contributed by atoms with Gasteiger partial charge in [0, 0.05) is 23.7 Å². The van der Waals surface area contributed by atoms with Gasteiger partial charge in [-0.1, -0.05) is 17.3 Å². The number of halogens is 3. The lowest BCUT2D eigenvalue weighted by Crippen LogP contribution is -2.36. The number of carbonyl (C=O) groups is 1. The lowest BCUT2D eigenvalue weighted by molar-refractivity contribution is -0.159. The van der Waals surface area contributed by atoms with Gasteiger partial charge in [-0.05, 0) is 25.1 Å². The minimum atomic E-state index is -4.68. The summed E-state index contributed by atoms with van der Waals surface area (Å²) in [5.74, 6) is -1.80. The zero-order chi connectivity index (χ0) is 16.4. The van der Waals surface area contributed by atoms with Gasteiger partial charge in [0.1, 0.15) is 0 Å². The van der Waals surface area contributed by atoms with Crippen LogP contribution in [0.15, 0.2) is 28.8 Å². The molecule has 1 amide bonds. The first-order valence-electron chi connectivity index (χ1n) is 6.96. The Morgan fingerprint density at radius 3 is 2.61 bits per heavy atom. The van der Waals surface area contributed by atoms with E-state index in [-0.39, 0.29) is 17.8 Å². The van der Waals surface area contributed by atoms with E-state index in [2.05, 4.69) is 25.3 Å². The van der Waals surface area contributed by atoms with Crippen molar-refractivity contribution in [1.82, 2.24) is 20.8 Å². The highest BCUT2D eigenvalue weighted by molar-refractivity contribution is 5.94. The van der Waals surface area contributed by atoms with Gasteiger partial charge in [0.2, 0.25) is 5.82 Å². The van der Waals surface area contributed by atoms with Crippen LogP contribution in [-0.4, -0.2) is 35.2 Å². The molecule has 122 valence electrons. The van der Waals surface area contributed by atoms with Crippen LogP contribution in [0.3, 0.4) is 0 Å². The van der Waals surface area contributed by atoms with Gasteiger partial charge < -0.3 is 15.2 Å². The van der Waals surface area contributed by atoms with Gasteiger partial charge in [0.05, 0.1) is 0 Å². The lowest BCUT2D eigenvalue weighted by atomic mass is 10.1. The second kappa shape index (κ2) is 5.99. The summed E-state index contributed by atoms with van der Waals surface area (Å²) in [4.78, 5) is 15.3. The summed E-state index contributed by atoms with van der Waals surface area (Å²) in [6.45, 7) is 1.59. The van der Waals surface area contributed by atoms with E-state index in [1.54, 1.807) is 0 Å². The van der Waals surface area contributed by atoms with Crippen molar-refractivity contribution >= 4 is 5.91 Å². The predicted octanol–water partition coefficient (Wildman–Crippen LogP) is 1.85. The number of hydrogen-bond acceptors (Lipinski definition) is 5. The van der Waals surface area contributed by atoms with E-state index in [1.165, 1.54) is 24.3 Å². The minimum absolute atomic E-state index is 0.0914. The van der Waals surface area contributed by atoms with E-state index in [0.717, 1.165) is 19.5 Å². The molecule has 1 aliphatic rings. The van der Waals surface area contributed by atoms with Crippen LogP contribution in [0.1, 0.15) is 22.7 Å². The maximum absolute atomic E-state index is 12.4. The molecule has 6 nitrogen and oxygen atoms in total. The molecule has 1 atom stereocenters. The molecule has 1 saturated heterocycles. The van der Waals surface area contributed by atoms with Crippen LogP contribution in [0.4, 0.5) is 13.2 Å². The topological polar surface area (TPSA) is 80.0 Å². The Hall–Kier alpha value is -2.42. The van der Waals surface area contributed by atoms with Crippen LogP contribution in [0, 0.1) is 0 Å². The number of aromatic nitrogens is 2. The van der Waals surface area contributed by atoms with E-state index in [4.69, 9.17) is 0 Å². The number of rotatable bonds is 3. The standard InChI is InChI=1S/C14H13F3N4O2/c15-14(16,17)13-20-11(21-23-13)8-1-3-9(4-2-8)12(22)19-10-5-6-18-7-10/h1-4,10,18H,5-7H2,(H,19,22)/t10-/m0/s1. The molecular formula is C14H13F3N4O2. The Morgan fingerprint density at radius 1 is 1.30 bits per heavy atom. The molecular weight excluding hydrogens is 313 g/mol. The summed E-state index contributed by atoms with van der Waals surface area (Å²) in [5, 5.41) is 9.31. The second-order valence-corrected chi connectivity index (χ2v) is 5.16. The monoisotopic (exact) mass is 326 g/mol. The van der Waals surface area contributed by atoms with Gasteiger partial charge in [-0.25, -0.2) is 0 Å². The average Bonchev–Trinajstić information content (AvgIpc) is 3.18. The van der Waals surface area contributed by atoms with Crippen molar-refractivity contribution in [3.05, 3.63) is 35.7 Å². The van der Waals surface area contributed by atoms with Crippen molar-refractivity contribution in [3.8, 4) is 11.4 Å². The number of amides is 1. The molecule has 3 rings (SSSR count). The maximum atomic E-state index is 12.4. The highest BCUT2D eigenvalue weighted by Crippen LogP contribution is 2.29. The van der Waals surface area contributed by atoms with Crippen LogP contribution in [0.2, 0.25) is 0 Å². The lowest BCUT2D eigenvalue weighted by Gasteiger charge is -2.11. The molecule has 0 aliphatic carbocycles. The molecule has 0 unspecified atom stereocenters. The van der Waals surface area contributed by atoms with E-state index < -0.39 is 12.1 Å². The molecule has 23 heavy (non-hydrogen) atoms. The van der Waals surface area contributed by atoms with Crippen molar-refractivity contribution in [2.75, 3.05) is 13.1 Å². The van der Waals surface area contributed by atoms with Gasteiger partial charge in [0.25, 0.3) is 5.91 Å². The van der Waals surface area contributed by atoms with Crippen molar-refractivity contribution < 1.29 is 22.5 Å². The van der Waals surface area contributed by atoms with E-state index >= 15 is 0 Å². The maximum Gasteiger partial charge on any atom is 0.471 e. The molecule has 1 aromatic heterocycles. The van der Waals surface area contributed by atoms with Gasteiger partial charge in [0.15, 0.2) is 0 Å². The summed E-state index contributed by atoms with van der Waals surface area (Å²) in [5.41, 5.74) is 0.753. The minimum Gasteiger partial charge on any atom is -0.348 e. The average molecular weight is 326 g/mol. The number of nitrogens with one attached hydrogen (secondary N) is 2. The highest BCUT2D eigenvalue weighted by Gasteiger charge is 2.38. The molecule has 1 aromatic carbocycles. The first-order chi connectivity index (χ1) is 10.9. The van der Waals surface area contributed by atoms with Crippen molar-refractivity contribution in [1.29, 1.82) is 0 Å². The fourth-order valence-corrected chi connectivity index (χ4v) is 2.27. The normalized spacial score (nSPS) is 18.1. The molecule has 9 heteroatoms. The molecule has 2 aromatic rings. The predicted molar refractivity (Wildman–Crippen MR) is 73.5 cm³/mol. The Labute approximate surface area is 129 Å². The zero-order valence-corrected chi connectivity index (χ0v) is 11.9. The third kappa shape index (κ3) is 3.50. The quantitative estimate of drug-likeness (QED) is 0.900. The summed E-state index contributed by atoms with van der Waals surface area (Å²) >= 11 is 0. The number of benzene rings is 1. The molecule has 1 fully saturated rings.